The van der Waals surface area contributed by atoms with Crippen LogP contribution in [0, 0.1) is 6.92 Å². The lowest BCUT2D eigenvalue weighted by Crippen LogP contribution is -2.37. The van der Waals surface area contributed by atoms with Gasteiger partial charge in [-0.05, 0) is 19.1 Å². The van der Waals surface area contributed by atoms with E-state index < -0.39 is 0 Å². The fourth-order valence-corrected chi connectivity index (χ4v) is 3.05. The molecule has 1 aromatic heterocycles. The molecule has 0 saturated carbocycles. The van der Waals surface area contributed by atoms with E-state index in [-0.39, 0.29) is 5.91 Å². The first-order valence-electron chi connectivity index (χ1n) is 9.34. The van der Waals surface area contributed by atoms with Crippen LogP contribution in [0.25, 0.3) is 11.4 Å². The molecular weight excluding hydrogens is 352 g/mol. The monoisotopic (exact) mass is 374 g/mol. The smallest absolute Gasteiger partial charge is 0.274 e. The van der Waals surface area contributed by atoms with E-state index in [2.05, 4.69) is 15.2 Å². The summed E-state index contributed by atoms with van der Waals surface area (Å²) in [7, 11) is 0. The maximum Gasteiger partial charge on any atom is 0.274 e. The number of aromatic nitrogens is 2. The van der Waals surface area contributed by atoms with Crippen LogP contribution in [0.1, 0.15) is 16.1 Å². The van der Waals surface area contributed by atoms with Crippen molar-refractivity contribution in [2.24, 2.45) is 0 Å². The molecule has 1 fully saturated rings. The Morgan fingerprint density at radius 3 is 2.43 bits per heavy atom. The van der Waals surface area contributed by atoms with Crippen LogP contribution in [-0.2, 0) is 4.74 Å². The summed E-state index contributed by atoms with van der Waals surface area (Å²) in [5.41, 5.74) is 3.10. The van der Waals surface area contributed by atoms with Crippen molar-refractivity contribution in [3.63, 3.8) is 0 Å². The highest BCUT2D eigenvalue weighted by atomic mass is 16.5. The molecule has 0 atom stereocenters. The Labute approximate surface area is 164 Å². The molecule has 2 heterocycles. The Balaban J connectivity index is 1.68. The molecule has 0 spiro atoms. The number of morpholine rings is 1. The van der Waals surface area contributed by atoms with Crippen molar-refractivity contribution in [2.45, 2.75) is 6.92 Å². The average Bonchev–Trinajstić information content (AvgIpc) is 2.76. The van der Waals surface area contributed by atoms with E-state index >= 15 is 0 Å². The van der Waals surface area contributed by atoms with Gasteiger partial charge in [-0.3, -0.25) is 4.79 Å². The second-order valence-corrected chi connectivity index (χ2v) is 6.72. The van der Waals surface area contributed by atoms with Gasteiger partial charge in [0.25, 0.3) is 5.91 Å². The molecule has 0 bridgehead atoms. The molecule has 6 nitrogen and oxygen atoms in total. The molecule has 1 amide bonds. The molecule has 0 unspecified atom stereocenters. The number of carbonyl (C=O) groups excluding carboxylic acids is 1. The van der Waals surface area contributed by atoms with Crippen LogP contribution in [0.3, 0.4) is 0 Å². The largest absolute Gasteiger partial charge is 0.378 e. The highest BCUT2D eigenvalue weighted by molar-refractivity contribution is 6.03. The van der Waals surface area contributed by atoms with E-state index in [4.69, 9.17) is 9.72 Å². The van der Waals surface area contributed by atoms with Crippen molar-refractivity contribution in [2.75, 3.05) is 36.5 Å². The van der Waals surface area contributed by atoms with E-state index in [1.54, 1.807) is 6.07 Å². The predicted molar refractivity (Wildman–Crippen MR) is 110 cm³/mol. The van der Waals surface area contributed by atoms with Crippen molar-refractivity contribution in [3.05, 3.63) is 71.9 Å². The number of amides is 1. The molecule has 1 N–H and O–H groups in total. The molecule has 1 saturated heterocycles. The minimum atomic E-state index is -0.252. The Morgan fingerprint density at radius 2 is 1.71 bits per heavy atom. The number of hydrogen-bond donors (Lipinski definition) is 1. The molecule has 6 heteroatoms. The van der Waals surface area contributed by atoms with Crippen LogP contribution in [-0.4, -0.2) is 42.2 Å². The first-order chi connectivity index (χ1) is 13.7. The SMILES string of the molecule is Cc1ccc(NC(=O)c2cc(N3CCOCC3)nc(-c3ccccc3)n2)cc1. The zero-order valence-electron chi connectivity index (χ0n) is 15.8. The first kappa shape index (κ1) is 18.1. The maximum absolute atomic E-state index is 12.9. The average molecular weight is 374 g/mol. The van der Waals surface area contributed by atoms with Crippen LogP contribution >= 0.6 is 0 Å². The minimum absolute atomic E-state index is 0.252. The second kappa shape index (κ2) is 8.19. The van der Waals surface area contributed by atoms with Gasteiger partial charge in [0.05, 0.1) is 13.2 Å². The van der Waals surface area contributed by atoms with Gasteiger partial charge in [-0.25, -0.2) is 9.97 Å². The number of benzene rings is 2. The molecule has 28 heavy (non-hydrogen) atoms. The Bertz CT molecular complexity index is 952. The molecule has 142 valence electrons. The summed E-state index contributed by atoms with van der Waals surface area (Å²) >= 11 is 0. The number of aryl methyl sites for hydroxylation is 1. The zero-order valence-corrected chi connectivity index (χ0v) is 15.8. The minimum Gasteiger partial charge on any atom is -0.378 e. The van der Waals surface area contributed by atoms with Crippen LogP contribution in [0.4, 0.5) is 11.5 Å². The first-order valence-corrected chi connectivity index (χ1v) is 9.34. The van der Waals surface area contributed by atoms with E-state index in [1.807, 2.05) is 61.5 Å². The normalized spacial score (nSPS) is 14.0. The lowest BCUT2D eigenvalue weighted by molar-refractivity contribution is 0.102. The summed E-state index contributed by atoms with van der Waals surface area (Å²) in [6, 6.07) is 19.2. The summed E-state index contributed by atoms with van der Waals surface area (Å²) in [6.45, 7) is 4.79. The van der Waals surface area contributed by atoms with Crippen molar-refractivity contribution in [1.29, 1.82) is 0 Å². The summed E-state index contributed by atoms with van der Waals surface area (Å²) in [5, 5.41) is 2.92. The van der Waals surface area contributed by atoms with E-state index in [1.165, 1.54) is 0 Å². The molecular formula is C22H22N4O2. The highest BCUT2D eigenvalue weighted by Crippen LogP contribution is 2.22. The third-order valence-corrected chi connectivity index (χ3v) is 4.62. The summed E-state index contributed by atoms with van der Waals surface area (Å²) in [4.78, 5) is 24.2. The van der Waals surface area contributed by atoms with Crippen molar-refractivity contribution in [1.82, 2.24) is 9.97 Å². The number of nitrogens with one attached hydrogen (secondary N) is 1. The highest BCUT2D eigenvalue weighted by Gasteiger charge is 2.18. The molecule has 2 aromatic carbocycles. The Morgan fingerprint density at radius 1 is 1.00 bits per heavy atom. The molecule has 4 rings (SSSR count). The molecule has 1 aliphatic rings. The zero-order chi connectivity index (χ0) is 19.3. The second-order valence-electron chi connectivity index (χ2n) is 6.72. The fourth-order valence-electron chi connectivity index (χ4n) is 3.05. The molecule has 3 aromatic rings. The van der Waals surface area contributed by atoms with Crippen molar-refractivity contribution < 1.29 is 9.53 Å². The maximum atomic E-state index is 12.9. The van der Waals surface area contributed by atoms with E-state index in [0.29, 0.717) is 24.7 Å². The predicted octanol–water partition coefficient (Wildman–Crippen LogP) is 3.54. The third-order valence-electron chi connectivity index (χ3n) is 4.62. The summed E-state index contributed by atoms with van der Waals surface area (Å²) in [5.74, 6) is 1.03. The van der Waals surface area contributed by atoms with Gasteiger partial charge in [0.2, 0.25) is 0 Å². The van der Waals surface area contributed by atoms with Gasteiger partial charge in [-0.2, -0.15) is 0 Å². The lowest BCUT2D eigenvalue weighted by Gasteiger charge is -2.28. The van der Waals surface area contributed by atoms with Crippen molar-refractivity contribution in [3.8, 4) is 11.4 Å². The van der Waals surface area contributed by atoms with Gasteiger partial charge >= 0.3 is 0 Å². The van der Waals surface area contributed by atoms with Gasteiger partial charge in [-0.1, -0.05) is 48.0 Å². The van der Waals surface area contributed by atoms with Gasteiger partial charge in [0, 0.05) is 30.4 Å². The quantitative estimate of drug-likeness (QED) is 0.757. The van der Waals surface area contributed by atoms with Crippen LogP contribution in [0.15, 0.2) is 60.7 Å². The van der Waals surface area contributed by atoms with Crippen molar-refractivity contribution >= 4 is 17.4 Å². The Hall–Kier alpha value is -3.25. The molecule has 1 aliphatic heterocycles. The number of hydrogen-bond acceptors (Lipinski definition) is 5. The lowest BCUT2D eigenvalue weighted by atomic mass is 10.2. The standard InChI is InChI=1S/C22H22N4O2/c1-16-7-9-18(10-8-16)23-22(27)19-15-20(26-11-13-28-14-12-26)25-21(24-19)17-5-3-2-4-6-17/h2-10,15H,11-14H2,1H3,(H,23,27). The van der Waals surface area contributed by atoms with Gasteiger partial charge in [0.15, 0.2) is 5.82 Å². The van der Waals surface area contributed by atoms with Gasteiger partial charge < -0.3 is 15.0 Å². The molecule has 0 radical (unpaired) electrons. The van der Waals surface area contributed by atoms with Crippen LogP contribution in [0.5, 0.6) is 0 Å². The Kier molecular flexibility index (Phi) is 5.30. The van der Waals surface area contributed by atoms with Gasteiger partial charge in [-0.15, -0.1) is 0 Å². The summed E-state index contributed by atoms with van der Waals surface area (Å²) in [6.07, 6.45) is 0. The number of carbonyl (C=O) groups is 1. The number of nitrogens with zero attached hydrogens (tertiary/aromatic N) is 3. The fraction of sp³-hybridized carbons (Fsp3) is 0.227. The third kappa shape index (κ3) is 4.18. The van der Waals surface area contributed by atoms with Crippen LogP contribution in [0.2, 0.25) is 0 Å². The topological polar surface area (TPSA) is 67.4 Å². The van der Waals surface area contributed by atoms with E-state index in [0.717, 1.165) is 35.7 Å². The van der Waals surface area contributed by atoms with Gasteiger partial charge in [0.1, 0.15) is 11.5 Å². The number of anilines is 2. The number of ether oxygens (including phenoxy) is 1. The number of rotatable bonds is 4. The summed E-state index contributed by atoms with van der Waals surface area (Å²) < 4.78 is 5.44. The molecule has 0 aliphatic carbocycles. The van der Waals surface area contributed by atoms with E-state index in [9.17, 15) is 4.79 Å². The van der Waals surface area contributed by atoms with Crippen LogP contribution < -0.4 is 10.2 Å².